The number of aliphatic imine (C=N–C) groups is 2. The Hall–Kier alpha value is -2.51. The van der Waals surface area contributed by atoms with Gasteiger partial charge in [-0.2, -0.15) is 0 Å². The first kappa shape index (κ1) is 22.7. The van der Waals surface area contributed by atoms with Gasteiger partial charge >= 0.3 is 0 Å². The van der Waals surface area contributed by atoms with Gasteiger partial charge in [0.05, 0.1) is 11.5 Å². The lowest BCUT2D eigenvalue weighted by atomic mass is 9.99. The highest BCUT2D eigenvalue weighted by Gasteiger charge is 2.39. The van der Waals surface area contributed by atoms with Gasteiger partial charge in [-0.25, -0.2) is 9.38 Å². The molecule has 2 aromatic rings. The SMILES string of the molecule is CC(C)c1ccc(NC(=O)CSC2=NC3(CCN(C)CC3)N=C2c2ccc(F)cc2)cc1. The van der Waals surface area contributed by atoms with Gasteiger partial charge in [-0.3, -0.25) is 9.79 Å². The van der Waals surface area contributed by atoms with E-state index >= 15 is 0 Å². The van der Waals surface area contributed by atoms with Crippen LogP contribution in [0, 0.1) is 5.82 Å². The number of nitrogens with one attached hydrogen (secondary N) is 1. The van der Waals surface area contributed by atoms with Crippen molar-refractivity contribution in [3.05, 3.63) is 65.5 Å². The van der Waals surface area contributed by atoms with E-state index in [0.29, 0.717) is 5.92 Å². The minimum absolute atomic E-state index is 0.0854. The molecule has 0 unspecified atom stereocenters. The highest BCUT2D eigenvalue weighted by Crippen LogP contribution is 2.35. The van der Waals surface area contributed by atoms with Crippen molar-refractivity contribution >= 4 is 34.1 Å². The monoisotopic (exact) mass is 452 g/mol. The van der Waals surface area contributed by atoms with Gasteiger partial charge in [0.25, 0.3) is 0 Å². The molecule has 7 heteroatoms. The number of carbonyl (C=O) groups is 1. The van der Waals surface area contributed by atoms with Crippen molar-refractivity contribution in [3.8, 4) is 0 Å². The van der Waals surface area contributed by atoms with E-state index in [1.807, 2.05) is 24.3 Å². The minimum Gasteiger partial charge on any atom is -0.325 e. The molecule has 1 fully saturated rings. The molecule has 2 aromatic carbocycles. The second-order valence-electron chi connectivity index (χ2n) is 8.78. The predicted octanol–water partition coefficient (Wildman–Crippen LogP) is 4.94. The second-order valence-corrected chi connectivity index (χ2v) is 9.75. The van der Waals surface area contributed by atoms with Crippen molar-refractivity contribution < 1.29 is 9.18 Å². The maximum absolute atomic E-state index is 13.5. The van der Waals surface area contributed by atoms with E-state index in [1.165, 1.54) is 29.5 Å². The fraction of sp³-hybridized carbons (Fsp3) is 0.400. The number of likely N-dealkylation sites (tertiary alicyclic amines) is 1. The maximum Gasteiger partial charge on any atom is 0.234 e. The van der Waals surface area contributed by atoms with Gasteiger partial charge in [0.1, 0.15) is 10.9 Å². The molecule has 2 aliphatic heterocycles. The van der Waals surface area contributed by atoms with Crippen LogP contribution in [0.25, 0.3) is 0 Å². The molecule has 4 rings (SSSR count). The van der Waals surface area contributed by atoms with Gasteiger partial charge < -0.3 is 10.2 Å². The highest BCUT2D eigenvalue weighted by atomic mass is 32.2. The zero-order valence-corrected chi connectivity index (χ0v) is 19.6. The lowest BCUT2D eigenvalue weighted by Crippen LogP contribution is -2.39. The van der Waals surface area contributed by atoms with Crippen LogP contribution in [0.1, 0.15) is 43.7 Å². The number of carbonyl (C=O) groups excluding carboxylic acids is 1. The van der Waals surface area contributed by atoms with Crippen molar-refractivity contribution in [1.29, 1.82) is 0 Å². The molecule has 1 amide bonds. The Balaban J connectivity index is 1.46. The molecule has 1 saturated heterocycles. The average Bonchev–Trinajstić information content (AvgIpc) is 3.14. The molecule has 0 bridgehead atoms. The second kappa shape index (κ2) is 9.55. The van der Waals surface area contributed by atoms with E-state index in [2.05, 4.69) is 31.1 Å². The molecule has 0 saturated carbocycles. The number of rotatable bonds is 5. The number of thioether (sulfide) groups is 1. The van der Waals surface area contributed by atoms with Crippen molar-refractivity contribution in [3.63, 3.8) is 0 Å². The Bertz CT molecular complexity index is 1020. The summed E-state index contributed by atoms with van der Waals surface area (Å²) in [5.41, 5.74) is 3.14. The third-order valence-electron chi connectivity index (χ3n) is 5.94. The first-order valence-corrected chi connectivity index (χ1v) is 12.0. The van der Waals surface area contributed by atoms with Crippen LogP contribution in [0.5, 0.6) is 0 Å². The van der Waals surface area contributed by atoms with Crippen LogP contribution >= 0.6 is 11.8 Å². The maximum atomic E-state index is 13.5. The number of piperidine rings is 1. The van der Waals surface area contributed by atoms with Gasteiger partial charge in [-0.15, -0.1) is 0 Å². The molecule has 5 nitrogen and oxygen atoms in total. The average molecular weight is 453 g/mol. The van der Waals surface area contributed by atoms with Gasteiger partial charge in [0, 0.05) is 37.2 Å². The predicted molar refractivity (Wildman–Crippen MR) is 131 cm³/mol. The van der Waals surface area contributed by atoms with Crippen LogP contribution in [0.2, 0.25) is 0 Å². The first-order valence-electron chi connectivity index (χ1n) is 11.0. The number of benzene rings is 2. The van der Waals surface area contributed by atoms with E-state index in [9.17, 15) is 9.18 Å². The van der Waals surface area contributed by atoms with E-state index in [1.54, 1.807) is 12.1 Å². The quantitative estimate of drug-likeness (QED) is 0.699. The summed E-state index contributed by atoms with van der Waals surface area (Å²) in [6, 6.07) is 14.3. The van der Waals surface area contributed by atoms with E-state index in [0.717, 1.165) is 47.9 Å². The fourth-order valence-electron chi connectivity index (χ4n) is 3.90. The summed E-state index contributed by atoms with van der Waals surface area (Å²) in [5.74, 6) is 0.320. The third kappa shape index (κ3) is 5.27. The number of hydrogen-bond acceptors (Lipinski definition) is 5. The van der Waals surface area contributed by atoms with E-state index in [4.69, 9.17) is 9.98 Å². The molecule has 0 radical (unpaired) electrons. The normalized spacial score (nSPS) is 18.0. The van der Waals surface area contributed by atoms with Crippen LogP contribution in [0.4, 0.5) is 10.1 Å². The van der Waals surface area contributed by atoms with Gasteiger partial charge in [0.2, 0.25) is 5.91 Å². The molecule has 1 spiro atoms. The summed E-state index contributed by atoms with van der Waals surface area (Å²) < 4.78 is 13.5. The molecule has 2 aliphatic rings. The van der Waals surface area contributed by atoms with Crippen molar-refractivity contribution in [1.82, 2.24) is 4.90 Å². The Kier molecular flexibility index (Phi) is 6.76. The minimum atomic E-state index is -0.471. The smallest absolute Gasteiger partial charge is 0.234 e. The molecule has 0 aromatic heterocycles. The number of halogens is 1. The third-order valence-corrected chi connectivity index (χ3v) is 6.90. The summed E-state index contributed by atoms with van der Waals surface area (Å²) >= 11 is 1.39. The number of amides is 1. The Morgan fingerprint density at radius 3 is 2.38 bits per heavy atom. The Morgan fingerprint density at radius 1 is 1.09 bits per heavy atom. The molecule has 2 heterocycles. The molecule has 0 aliphatic carbocycles. The number of hydrogen-bond donors (Lipinski definition) is 1. The molecule has 168 valence electrons. The van der Waals surface area contributed by atoms with Crippen molar-refractivity contribution in [2.45, 2.75) is 38.3 Å². The molecule has 1 N–H and O–H groups in total. The van der Waals surface area contributed by atoms with Crippen molar-refractivity contribution in [2.75, 3.05) is 31.2 Å². The summed E-state index contributed by atoms with van der Waals surface area (Å²) in [6.45, 7) is 6.14. The fourth-order valence-corrected chi connectivity index (χ4v) is 4.78. The topological polar surface area (TPSA) is 57.1 Å². The zero-order chi connectivity index (χ0) is 22.7. The molecular formula is C25H29FN4OS. The molecular weight excluding hydrogens is 423 g/mol. The van der Waals surface area contributed by atoms with Gasteiger partial charge in [0.15, 0.2) is 5.66 Å². The largest absolute Gasteiger partial charge is 0.325 e. The summed E-state index contributed by atoms with van der Waals surface area (Å²) in [5, 5.41) is 3.72. The van der Waals surface area contributed by atoms with Crippen molar-refractivity contribution in [2.24, 2.45) is 9.98 Å². The summed E-state index contributed by atoms with van der Waals surface area (Å²) in [6.07, 6.45) is 1.68. The standard InChI is InChI=1S/C25H29FN4OS/c1-17(2)18-6-10-21(11-7-18)27-22(31)16-32-24-23(19-4-8-20(26)9-5-19)28-25(29-24)12-14-30(3)15-13-25/h4-11,17H,12-16H2,1-3H3,(H,27,31). The van der Waals surface area contributed by atoms with E-state index in [-0.39, 0.29) is 17.5 Å². The summed E-state index contributed by atoms with van der Waals surface area (Å²) in [4.78, 5) is 24.9. The van der Waals surface area contributed by atoms with Crippen LogP contribution in [0.3, 0.4) is 0 Å². The zero-order valence-electron chi connectivity index (χ0n) is 18.8. The Morgan fingerprint density at radius 2 is 1.75 bits per heavy atom. The van der Waals surface area contributed by atoms with Crippen LogP contribution < -0.4 is 5.32 Å². The summed E-state index contributed by atoms with van der Waals surface area (Å²) in [7, 11) is 2.10. The van der Waals surface area contributed by atoms with Crippen LogP contribution in [-0.2, 0) is 4.79 Å². The number of nitrogens with zero attached hydrogens (tertiary/aromatic N) is 3. The number of anilines is 1. The highest BCUT2D eigenvalue weighted by molar-refractivity contribution is 8.16. The Labute approximate surface area is 193 Å². The van der Waals surface area contributed by atoms with Gasteiger partial charge in [-0.05, 0) is 54.9 Å². The molecule has 32 heavy (non-hydrogen) atoms. The molecule has 0 atom stereocenters. The van der Waals surface area contributed by atoms with Crippen LogP contribution in [0.15, 0.2) is 58.5 Å². The first-order chi connectivity index (χ1) is 15.3. The van der Waals surface area contributed by atoms with Crippen LogP contribution in [-0.4, -0.2) is 53.1 Å². The lowest BCUT2D eigenvalue weighted by molar-refractivity contribution is -0.113. The van der Waals surface area contributed by atoms with E-state index < -0.39 is 5.66 Å². The lowest BCUT2D eigenvalue weighted by Gasteiger charge is -2.33. The van der Waals surface area contributed by atoms with Gasteiger partial charge in [-0.1, -0.05) is 37.7 Å².